The average Bonchev–Trinajstić information content (AvgIpc) is 2.12. The molecular formula is C7H18N2O7P2. The highest BCUT2D eigenvalue weighted by molar-refractivity contribution is 7.72. The fraction of sp³-hybridized carbons (Fsp3) is 0.857. The van der Waals surface area contributed by atoms with E-state index in [9.17, 15) is 18.8 Å². The third-order valence-corrected chi connectivity index (χ3v) is 5.91. The summed E-state index contributed by atoms with van der Waals surface area (Å²) in [7, 11) is -8.44. The first-order chi connectivity index (χ1) is 8.03. The molecule has 7 N–H and O–H groups in total. The highest BCUT2D eigenvalue weighted by Gasteiger charge is 2.28. The normalized spacial score (nSPS) is 17.1. The van der Waals surface area contributed by atoms with Gasteiger partial charge < -0.3 is 30.8 Å². The van der Waals surface area contributed by atoms with Gasteiger partial charge >= 0.3 is 13.6 Å². The van der Waals surface area contributed by atoms with Crippen LogP contribution in [0, 0.1) is 0 Å². The summed E-state index contributed by atoms with van der Waals surface area (Å²) in [6.45, 7) is 0.243. The van der Waals surface area contributed by atoms with Gasteiger partial charge in [-0.3, -0.25) is 13.9 Å². The Hall–Kier alpha value is -0.270. The molecule has 0 aliphatic heterocycles. The van der Waals surface area contributed by atoms with Crippen LogP contribution in [0.15, 0.2) is 0 Å². The summed E-state index contributed by atoms with van der Waals surface area (Å²) in [5.74, 6) is -2.19. The van der Waals surface area contributed by atoms with Crippen LogP contribution in [-0.4, -0.2) is 50.5 Å². The number of hydrogen-bond donors (Lipinski definition) is 6. The van der Waals surface area contributed by atoms with Gasteiger partial charge in [-0.1, -0.05) is 0 Å². The minimum absolute atomic E-state index is 0.205. The van der Waals surface area contributed by atoms with Crippen molar-refractivity contribution in [2.75, 3.05) is 18.7 Å². The summed E-state index contributed by atoms with van der Waals surface area (Å²) >= 11 is 0. The van der Waals surface area contributed by atoms with Gasteiger partial charge in [0.2, 0.25) is 7.37 Å². The first kappa shape index (κ1) is 17.7. The minimum Gasteiger partial charge on any atom is -0.480 e. The molecule has 9 nitrogen and oxygen atoms in total. The zero-order chi connectivity index (χ0) is 14.4. The molecule has 2 atom stereocenters. The van der Waals surface area contributed by atoms with E-state index in [4.69, 9.17) is 20.6 Å². The van der Waals surface area contributed by atoms with Crippen molar-refractivity contribution in [3.8, 4) is 0 Å². The van der Waals surface area contributed by atoms with Crippen LogP contribution in [0.3, 0.4) is 0 Å². The van der Waals surface area contributed by atoms with Gasteiger partial charge in [0.25, 0.3) is 0 Å². The van der Waals surface area contributed by atoms with Crippen LogP contribution in [0.4, 0.5) is 0 Å². The second-order valence-corrected chi connectivity index (χ2v) is 8.37. The molecule has 0 spiro atoms. The molecule has 0 bridgehead atoms. The van der Waals surface area contributed by atoms with Crippen LogP contribution in [0.25, 0.3) is 0 Å². The lowest BCUT2D eigenvalue weighted by molar-refractivity contribution is -0.138. The molecule has 108 valence electrons. The number of nitrogens with one attached hydrogen (secondary N) is 1. The maximum Gasteiger partial charge on any atom is 0.335 e. The fourth-order valence-corrected chi connectivity index (χ4v) is 4.37. The predicted octanol–water partition coefficient (Wildman–Crippen LogP) is -0.869. The maximum atomic E-state index is 11.3. The van der Waals surface area contributed by atoms with Gasteiger partial charge in [0.05, 0.1) is 6.29 Å². The SMILES string of the molecule is N[C@@H](CCCNCP(=O)(O)CP(=O)(O)O)C(=O)O. The zero-order valence-corrected chi connectivity index (χ0v) is 11.4. The summed E-state index contributed by atoms with van der Waals surface area (Å²) in [6, 6.07) is -0.983. The number of carboxylic acids is 1. The van der Waals surface area contributed by atoms with Crippen LogP contribution in [0.1, 0.15) is 12.8 Å². The van der Waals surface area contributed by atoms with Crippen LogP contribution < -0.4 is 11.1 Å². The van der Waals surface area contributed by atoms with Gasteiger partial charge in [0, 0.05) is 0 Å². The Kier molecular flexibility index (Phi) is 7.24. The lowest BCUT2D eigenvalue weighted by Crippen LogP contribution is -2.31. The molecule has 0 radical (unpaired) electrons. The molecule has 0 saturated heterocycles. The number of carboxylic acid groups (broad SMARTS) is 1. The Morgan fingerprint density at radius 1 is 1.28 bits per heavy atom. The molecule has 0 heterocycles. The smallest absolute Gasteiger partial charge is 0.335 e. The number of rotatable bonds is 9. The van der Waals surface area contributed by atoms with Gasteiger partial charge in [-0.15, -0.1) is 0 Å². The van der Waals surface area contributed by atoms with E-state index in [1.54, 1.807) is 0 Å². The highest BCUT2D eigenvalue weighted by Crippen LogP contribution is 2.53. The van der Waals surface area contributed by atoms with E-state index in [2.05, 4.69) is 5.32 Å². The first-order valence-corrected chi connectivity index (χ1v) is 8.91. The monoisotopic (exact) mass is 304 g/mol. The second-order valence-electron chi connectivity index (χ2n) is 3.90. The molecule has 1 unspecified atom stereocenters. The molecule has 0 amide bonds. The topological polar surface area (TPSA) is 170 Å². The Morgan fingerprint density at radius 3 is 2.28 bits per heavy atom. The molecule has 0 aromatic heterocycles. The standard InChI is InChI=1S/C7H18N2O7P2/c8-6(7(10)11)2-1-3-9-4-17(12,13)5-18(14,15)16/h6,9H,1-5,8H2,(H,10,11)(H,12,13)(H2,14,15,16)/t6-/m0/s1. The van der Waals surface area contributed by atoms with Gasteiger partial charge in [0.1, 0.15) is 11.9 Å². The Balaban J connectivity index is 3.82. The van der Waals surface area contributed by atoms with Crippen molar-refractivity contribution in [2.45, 2.75) is 18.9 Å². The Labute approximate surface area is 104 Å². The molecule has 0 rings (SSSR count). The van der Waals surface area contributed by atoms with Crippen molar-refractivity contribution < 1.29 is 33.7 Å². The molecule has 0 saturated carbocycles. The molecular weight excluding hydrogens is 286 g/mol. The van der Waals surface area contributed by atoms with Crippen molar-refractivity contribution in [2.24, 2.45) is 5.73 Å². The molecule has 0 aliphatic rings. The van der Waals surface area contributed by atoms with E-state index < -0.39 is 39.2 Å². The molecule has 18 heavy (non-hydrogen) atoms. The Bertz CT molecular complexity index is 369. The number of nitrogens with two attached hydrogens (primary N) is 1. The second kappa shape index (κ2) is 7.35. The summed E-state index contributed by atoms with van der Waals surface area (Å²) in [6.07, 6.45) is 0.153. The zero-order valence-electron chi connectivity index (χ0n) is 9.60. The van der Waals surface area contributed by atoms with Crippen molar-refractivity contribution in [1.29, 1.82) is 0 Å². The molecule has 11 heteroatoms. The fourth-order valence-electron chi connectivity index (χ4n) is 1.16. The van der Waals surface area contributed by atoms with E-state index in [1.165, 1.54) is 0 Å². The molecule has 0 aliphatic carbocycles. The third-order valence-electron chi connectivity index (χ3n) is 1.95. The first-order valence-electron chi connectivity index (χ1n) is 5.08. The molecule has 0 fully saturated rings. The van der Waals surface area contributed by atoms with E-state index in [0.717, 1.165) is 0 Å². The van der Waals surface area contributed by atoms with Crippen molar-refractivity contribution >= 4 is 20.9 Å². The van der Waals surface area contributed by atoms with Crippen molar-refractivity contribution in [1.82, 2.24) is 5.32 Å². The highest BCUT2D eigenvalue weighted by atomic mass is 31.2. The van der Waals surface area contributed by atoms with Gasteiger partial charge in [0.15, 0.2) is 0 Å². The maximum absolute atomic E-state index is 11.3. The van der Waals surface area contributed by atoms with Crippen LogP contribution in [-0.2, 0) is 13.9 Å². The van der Waals surface area contributed by atoms with Gasteiger partial charge in [-0.2, -0.15) is 0 Å². The summed E-state index contributed by atoms with van der Waals surface area (Å²) in [5, 5.41) is 11.0. The summed E-state index contributed by atoms with van der Waals surface area (Å²) in [5.41, 5.74) is 5.23. The van der Waals surface area contributed by atoms with Gasteiger partial charge in [-0.25, -0.2) is 0 Å². The average molecular weight is 304 g/mol. The van der Waals surface area contributed by atoms with Crippen molar-refractivity contribution in [3.63, 3.8) is 0 Å². The quantitative estimate of drug-likeness (QED) is 0.234. The summed E-state index contributed by atoms with van der Waals surface area (Å²) < 4.78 is 21.9. The van der Waals surface area contributed by atoms with Crippen molar-refractivity contribution in [3.05, 3.63) is 0 Å². The Morgan fingerprint density at radius 2 is 1.83 bits per heavy atom. The number of hydrogen-bond acceptors (Lipinski definition) is 5. The molecule has 0 aromatic rings. The van der Waals surface area contributed by atoms with Crippen LogP contribution in [0.2, 0.25) is 0 Å². The minimum atomic E-state index is -4.52. The van der Waals surface area contributed by atoms with E-state index >= 15 is 0 Å². The summed E-state index contributed by atoms with van der Waals surface area (Å²) in [4.78, 5) is 36.7. The number of carbonyl (C=O) groups is 1. The van der Waals surface area contributed by atoms with Crippen LogP contribution >= 0.6 is 15.0 Å². The van der Waals surface area contributed by atoms with E-state index in [-0.39, 0.29) is 13.0 Å². The largest absolute Gasteiger partial charge is 0.480 e. The third kappa shape index (κ3) is 9.73. The van der Waals surface area contributed by atoms with E-state index in [1.807, 2.05) is 0 Å². The lowest BCUT2D eigenvalue weighted by atomic mass is 10.2. The van der Waals surface area contributed by atoms with E-state index in [0.29, 0.717) is 6.42 Å². The van der Waals surface area contributed by atoms with Crippen LogP contribution in [0.5, 0.6) is 0 Å². The van der Waals surface area contributed by atoms with Gasteiger partial charge in [-0.05, 0) is 19.4 Å². The lowest BCUT2D eigenvalue weighted by Gasteiger charge is -2.13. The molecule has 0 aromatic carbocycles. The number of aliphatic carboxylic acids is 1. The predicted molar refractivity (Wildman–Crippen MR) is 64.5 cm³/mol.